The zero-order chi connectivity index (χ0) is 23.8. The van der Waals surface area contributed by atoms with E-state index < -0.39 is 10.8 Å². The number of amides is 1. The second-order valence-electron chi connectivity index (χ2n) is 8.38. The molecule has 6 nitrogen and oxygen atoms in total. The Morgan fingerprint density at radius 3 is 2.18 bits per heavy atom. The summed E-state index contributed by atoms with van der Waals surface area (Å²) >= 11 is 5.68. The highest BCUT2D eigenvalue weighted by atomic mass is 79.9. The molecule has 1 N–H and O–H groups in total. The normalized spacial score (nSPS) is 11.4. The van der Waals surface area contributed by atoms with Gasteiger partial charge in [0.2, 0.25) is 0 Å². The highest BCUT2D eigenvalue weighted by Gasteiger charge is 2.20. The summed E-state index contributed by atoms with van der Waals surface area (Å²) in [6.45, 7) is 6.50. The Morgan fingerprint density at radius 2 is 1.61 bits per heavy atom. The maximum atomic E-state index is 12.7. The standard InChI is InChI=1S/C24H20BrN3O3S2/c1-24(2,3)16-8-4-14(5-9-16)20-21(15-6-10-17(25)11-7-15)33-23(26-20)27-22(29)18-12-13-19(32-18)28(30)31/h4-13H,1-3H3,(H,26,27,29). The van der Waals surface area contributed by atoms with Crippen molar-refractivity contribution in [2.75, 3.05) is 5.32 Å². The smallest absolute Gasteiger partial charge is 0.297 e. The monoisotopic (exact) mass is 541 g/mol. The number of anilines is 1. The SMILES string of the molecule is CC(C)(C)c1ccc(-c2nc(NC(=O)c3ccc([N+](=O)[O-])s3)sc2-c2ccc(Br)cc2)cc1. The number of carbonyl (C=O) groups is 1. The van der Waals surface area contributed by atoms with Crippen LogP contribution in [0.25, 0.3) is 21.7 Å². The number of thiazole rings is 1. The molecule has 4 rings (SSSR count). The summed E-state index contributed by atoms with van der Waals surface area (Å²) in [6, 6.07) is 19.0. The molecule has 4 aromatic rings. The largest absolute Gasteiger partial charge is 0.324 e. The van der Waals surface area contributed by atoms with E-state index in [0.717, 1.165) is 37.5 Å². The quantitative estimate of drug-likeness (QED) is 0.206. The van der Waals surface area contributed by atoms with Crippen molar-refractivity contribution in [2.45, 2.75) is 26.2 Å². The lowest BCUT2D eigenvalue weighted by Gasteiger charge is -2.19. The Kier molecular flexibility index (Phi) is 6.47. The van der Waals surface area contributed by atoms with Crippen molar-refractivity contribution in [1.82, 2.24) is 4.98 Å². The van der Waals surface area contributed by atoms with Crippen LogP contribution >= 0.6 is 38.6 Å². The molecule has 0 aliphatic heterocycles. The van der Waals surface area contributed by atoms with E-state index in [9.17, 15) is 14.9 Å². The number of halogens is 1. The van der Waals surface area contributed by atoms with Crippen LogP contribution < -0.4 is 5.32 Å². The lowest BCUT2D eigenvalue weighted by Crippen LogP contribution is -2.10. The van der Waals surface area contributed by atoms with Crippen molar-refractivity contribution < 1.29 is 9.72 Å². The molecular formula is C24H20BrN3O3S2. The Labute approximate surface area is 207 Å². The van der Waals surface area contributed by atoms with Crippen molar-refractivity contribution in [1.29, 1.82) is 0 Å². The molecule has 0 fully saturated rings. The van der Waals surface area contributed by atoms with Crippen molar-refractivity contribution in [3.05, 3.63) is 85.7 Å². The number of thiophene rings is 1. The number of carbonyl (C=O) groups excluding carboxylic acids is 1. The van der Waals surface area contributed by atoms with Gasteiger partial charge in [0, 0.05) is 16.1 Å². The van der Waals surface area contributed by atoms with Gasteiger partial charge >= 0.3 is 5.00 Å². The molecule has 0 saturated carbocycles. The molecule has 1 amide bonds. The first kappa shape index (κ1) is 23.3. The fourth-order valence-electron chi connectivity index (χ4n) is 3.20. The van der Waals surface area contributed by atoms with E-state index in [1.165, 1.54) is 29.0 Å². The first-order valence-electron chi connectivity index (χ1n) is 10.0. The van der Waals surface area contributed by atoms with E-state index in [0.29, 0.717) is 5.13 Å². The highest BCUT2D eigenvalue weighted by molar-refractivity contribution is 9.10. The molecule has 2 aromatic heterocycles. The van der Waals surface area contributed by atoms with Crippen LogP contribution in [0.5, 0.6) is 0 Å². The van der Waals surface area contributed by atoms with Crippen molar-refractivity contribution in [3.8, 4) is 21.7 Å². The zero-order valence-corrected chi connectivity index (χ0v) is 21.3. The number of nitrogens with zero attached hydrogens (tertiary/aromatic N) is 2. The fourth-order valence-corrected chi connectivity index (χ4v) is 5.17. The molecule has 0 unspecified atom stereocenters. The van der Waals surface area contributed by atoms with E-state index in [-0.39, 0.29) is 15.3 Å². The second kappa shape index (κ2) is 9.17. The van der Waals surface area contributed by atoms with Crippen LogP contribution in [-0.4, -0.2) is 15.8 Å². The summed E-state index contributed by atoms with van der Waals surface area (Å²) in [6.07, 6.45) is 0. The maximum absolute atomic E-state index is 12.7. The van der Waals surface area contributed by atoms with Gasteiger partial charge < -0.3 is 0 Å². The van der Waals surface area contributed by atoms with Gasteiger partial charge in [-0.25, -0.2) is 4.98 Å². The summed E-state index contributed by atoms with van der Waals surface area (Å²) < 4.78 is 0.972. The van der Waals surface area contributed by atoms with E-state index in [2.05, 4.69) is 54.2 Å². The number of rotatable bonds is 5. The number of benzene rings is 2. The van der Waals surface area contributed by atoms with Gasteiger partial charge in [0.15, 0.2) is 5.13 Å². The van der Waals surface area contributed by atoms with Crippen molar-refractivity contribution >= 4 is 54.6 Å². The predicted molar refractivity (Wildman–Crippen MR) is 138 cm³/mol. The van der Waals surface area contributed by atoms with E-state index in [1.807, 2.05) is 36.4 Å². The minimum absolute atomic E-state index is 0.0393. The first-order valence-corrected chi connectivity index (χ1v) is 12.5. The third-order valence-electron chi connectivity index (χ3n) is 4.97. The van der Waals surface area contributed by atoms with Gasteiger partial charge in [-0.2, -0.15) is 0 Å². The van der Waals surface area contributed by atoms with Gasteiger partial charge in [0.25, 0.3) is 5.91 Å². The molecule has 2 heterocycles. The number of nitro groups is 1. The van der Waals surface area contributed by atoms with E-state index >= 15 is 0 Å². The molecule has 0 atom stereocenters. The topological polar surface area (TPSA) is 85.1 Å². The van der Waals surface area contributed by atoms with Gasteiger partial charge in [-0.1, -0.05) is 95.8 Å². The number of nitrogens with one attached hydrogen (secondary N) is 1. The van der Waals surface area contributed by atoms with Gasteiger partial charge in [-0.05, 0) is 34.7 Å². The summed E-state index contributed by atoms with van der Waals surface area (Å²) in [4.78, 5) is 29.0. The third-order valence-corrected chi connectivity index (χ3v) is 7.56. The number of hydrogen-bond donors (Lipinski definition) is 1. The van der Waals surface area contributed by atoms with Crippen molar-refractivity contribution in [3.63, 3.8) is 0 Å². The Morgan fingerprint density at radius 1 is 0.970 bits per heavy atom. The highest BCUT2D eigenvalue weighted by Crippen LogP contribution is 2.40. The molecule has 0 radical (unpaired) electrons. The van der Waals surface area contributed by atoms with E-state index in [1.54, 1.807) is 0 Å². The summed E-state index contributed by atoms with van der Waals surface area (Å²) in [5.74, 6) is -0.418. The third kappa shape index (κ3) is 5.21. The number of aromatic nitrogens is 1. The Balaban J connectivity index is 1.71. The van der Waals surface area contributed by atoms with Gasteiger partial charge in [0.1, 0.15) is 0 Å². The second-order valence-corrected chi connectivity index (χ2v) is 11.4. The van der Waals surface area contributed by atoms with Crippen LogP contribution in [0.15, 0.2) is 65.1 Å². The van der Waals surface area contributed by atoms with Gasteiger partial charge in [0.05, 0.1) is 20.4 Å². The van der Waals surface area contributed by atoms with Crippen LogP contribution in [0.2, 0.25) is 0 Å². The van der Waals surface area contributed by atoms with Gasteiger partial charge in [-0.3, -0.25) is 20.2 Å². The van der Waals surface area contributed by atoms with Crippen molar-refractivity contribution in [2.24, 2.45) is 0 Å². The summed E-state index contributed by atoms with van der Waals surface area (Å²) in [7, 11) is 0. The van der Waals surface area contributed by atoms with Crippen LogP contribution in [0.4, 0.5) is 10.1 Å². The molecule has 0 aliphatic carbocycles. The molecule has 0 aliphatic rings. The molecule has 2 aromatic carbocycles. The van der Waals surface area contributed by atoms with Crippen LogP contribution in [-0.2, 0) is 5.41 Å². The predicted octanol–water partition coefficient (Wildman–Crippen LogP) is 7.76. The minimum Gasteiger partial charge on any atom is -0.297 e. The molecule has 0 bridgehead atoms. The first-order chi connectivity index (χ1) is 15.6. The molecule has 168 valence electrons. The molecule has 0 spiro atoms. The van der Waals surface area contributed by atoms with Crippen LogP contribution in [0, 0.1) is 10.1 Å². The number of hydrogen-bond acceptors (Lipinski definition) is 6. The van der Waals surface area contributed by atoms with Crippen LogP contribution in [0.3, 0.4) is 0 Å². The Bertz CT molecular complexity index is 1320. The molecule has 0 saturated heterocycles. The van der Waals surface area contributed by atoms with E-state index in [4.69, 9.17) is 4.98 Å². The maximum Gasteiger partial charge on any atom is 0.324 e. The fraction of sp³-hybridized carbons (Fsp3) is 0.167. The Hall–Kier alpha value is -2.88. The summed E-state index contributed by atoms with van der Waals surface area (Å²) in [5.41, 5.74) is 3.97. The lowest BCUT2D eigenvalue weighted by molar-refractivity contribution is -0.380. The summed E-state index contributed by atoms with van der Waals surface area (Å²) in [5, 5.41) is 14.1. The average molecular weight is 542 g/mol. The van der Waals surface area contributed by atoms with Gasteiger partial charge in [-0.15, -0.1) is 0 Å². The molecule has 33 heavy (non-hydrogen) atoms. The molecule has 9 heteroatoms. The average Bonchev–Trinajstić information content (AvgIpc) is 3.42. The lowest BCUT2D eigenvalue weighted by atomic mass is 9.86. The molecular weight excluding hydrogens is 522 g/mol. The minimum atomic E-state index is -0.504. The zero-order valence-electron chi connectivity index (χ0n) is 18.1. The van der Waals surface area contributed by atoms with Crippen LogP contribution in [0.1, 0.15) is 36.0 Å².